The molecule has 2 aromatic carbocycles. The molecule has 1 aromatic heterocycles. The molecule has 5 rings (SSSR count). The fourth-order valence-corrected chi connectivity index (χ4v) is 4.78. The number of nitrogens with one attached hydrogen (secondary N) is 2. The van der Waals surface area contributed by atoms with Gasteiger partial charge in [0.05, 0.1) is 5.70 Å². The summed E-state index contributed by atoms with van der Waals surface area (Å²) < 4.78 is 1.94. The average molecular weight is 415 g/mol. The highest BCUT2D eigenvalue weighted by Gasteiger charge is 2.39. The van der Waals surface area contributed by atoms with Crippen LogP contribution in [0.25, 0.3) is 5.70 Å². The smallest absolute Gasteiger partial charge is 0.174 e. The maximum atomic E-state index is 6.91. The molecule has 1 saturated carbocycles. The first-order chi connectivity index (χ1) is 15.1. The molecule has 6 N–H and O–H groups in total. The van der Waals surface area contributed by atoms with Gasteiger partial charge in [-0.05, 0) is 61.4 Å². The number of hydrogen-bond acceptors (Lipinski definition) is 5. The number of rotatable bonds is 5. The van der Waals surface area contributed by atoms with Crippen molar-refractivity contribution in [2.24, 2.45) is 17.4 Å². The van der Waals surface area contributed by atoms with Crippen LogP contribution in [0.15, 0.2) is 73.1 Å². The zero-order valence-corrected chi connectivity index (χ0v) is 17.7. The van der Waals surface area contributed by atoms with E-state index in [-0.39, 0.29) is 0 Å². The zero-order valence-electron chi connectivity index (χ0n) is 17.7. The van der Waals surface area contributed by atoms with Gasteiger partial charge in [0.2, 0.25) is 0 Å². The molecular formula is C25H30N6. The van der Waals surface area contributed by atoms with Gasteiger partial charge >= 0.3 is 0 Å². The van der Waals surface area contributed by atoms with Crippen molar-refractivity contribution in [3.63, 3.8) is 0 Å². The number of hydrogen-bond donors (Lipinski definition) is 4. The van der Waals surface area contributed by atoms with Gasteiger partial charge in [0.1, 0.15) is 5.66 Å². The molecule has 31 heavy (non-hydrogen) atoms. The lowest BCUT2D eigenvalue weighted by Crippen LogP contribution is -2.58. The van der Waals surface area contributed by atoms with E-state index in [1.807, 2.05) is 16.9 Å². The van der Waals surface area contributed by atoms with Crippen LogP contribution in [-0.2, 0) is 6.42 Å². The van der Waals surface area contributed by atoms with E-state index in [1.165, 1.54) is 11.1 Å². The largest absolute Gasteiger partial charge is 0.353 e. The van der Waals surface area contributed by atoms with Crippen molar-refractivity contribution in [1.82, 2.24) is 9.66 Å². The Hall–Kier alpha value is -3.09. The van der Waals surface area contributed by atoms with Crippen LogP contribution in [0.4, 0.5) is 5.69 Å². The minimum absolute atomic E-state index is 0.293. The van der Waals surface area contributed by atoms with Crippen molar-refractivity contribution in [2.75, 3.05) is 10.7 Å². The molecular weight excluding hydrogens is 384 g/mol. The molecule has 6 heteroatoms. The molecule has 0 saturated heterocycles. The first-order valence-electron chi connectivity index (χ1n) is 11.1. The normalized spacial score (nSPS) is 25.3. The molecule has 0 amide bonds. The van der Waals surface area contributed by atoms with Crippen molar-refractivity contribution in [3.05, 3.63) is 90.0 Å². The molecule has 1 aliphatic heterocycles. The second-order valence-electron chi connectivity index (χ2n) is 8.82. The van der Waals surface area contributed by atoms with Crippen LogP contribution < -0.4 is 22.2 Å². The number of aromatic nitrogens is 2. The zero-order chi connectivity index (χ0) is 21.3. The van der Waals surface area contributed by atoms with Crippen molar-refractivity contribution in [1.29, 1.82) is 0 Å². The minimum atomic E-state index is -0.641. The number of nitrogens with zero attached hydrogens (tertiary/aromatic N) is 2. The lowest BCUT2D eigenvalue weighted by Gasteiger charge is -2.42. The predicted octanol–water partition coefficient (Wildman–Crippen LogP) is 3.66. The molecule has 2 aliphatic rings. The van der Waals surface area contributed by atoms with Gasteiger partial charge in [-0.25, -0.2) is 9.66 Å². The Bertz CT molecular complexity index is 1060. The number of fused-ring (bicyclic) bond motifs is 1. The summed E-state index contributed by atoms with van der Waals surface area (Å²) in [5.41, 5.74) is 20.4. The lowest BCUT2D eigenvalue weighted by molar-refractivity contribution is 0.239. The van der Waals surface area contributed by atoms with Gasteiger partial charge in [0.15, 0.2) is 5.82 Å². The van der Waals surface area contributed by atoms with Crippen LogP contribution in [0.1, 0.15) is 42.6 Å². The summed E-state index contributed by atoms with van der Waals surface area (Å²) in [5, 5.41) is 3.59. The van der Waals surface area contributed by atoms with Crippen molar-refractivity contribution in [2.45, 2.75) is 43.8 Å². The van der Waals surface area contributed by atoms with E-state index in [0.717, 1.165) is 49.3 Å². The number of nitrogens with two attached hydrogens (primary N) is 2. The Morgan fingerprint density at radius 1 is 1.03 bits per heavy atom. The molecule has 1 unspecified atom stereocenters. The maximum absolute atomic E-state index is 6.91. The van der Waals surface area contributed by atoms with Gasteiger partial charge in [-0.15, -0.1) is 0 Å². The quantitative estimate of drug-likeness (QED) is 0.511. The van der Waals surface area contributed by atoms with Gasteiger partial charge in [0, 0.05) is 30.0 Å². The van der Waals surface area contributed by atoms with Crippen molar-refractivity contribution >= 4 is 11.4 Å². The second-order valence-corrected chi connectivity index (χ2v) is 8.82. The van der Waals surface area contributed by atoms with E-state index in [0.29, 0.717) is 12.0 Å². The molecule has 0 bridgehead atoms. The molecule has 1 atom stereocenters. The fourth-order valence-electron chi connectivity index (χ4n) is 4.78. The van der Waals surface area contributed by atoms with E-state index in [9.17, 15) is 0 Å². The molecule has 3 aromatic rings. The second kappa shape index (κ2) is 8.21. The molecule has 0 radical (unpaired) electrons. The van der Waals surface area contributed by atoms with Gasteiger partial charge in [-0.2, -0.15) is 0 Å². The summed E-state index contributed by atoms with van der Waals surface area (Å²) in [4.78, 5) is 4.54. The van der Waals surface area contributed by atoms with Gasteiger partial charge in [0.25, 0.3) is 0 Å². The summed E-state index contributed by atoms with van der Waals surface area (Å²) in [6, 6.07) is 19.3. The fraction of sp³-hybridized carbons (Fsp3) is 0.320. The third-order valence-corrected chi connectivity index (χ3v) is 6.48. The van der Waals surface area contributed by atoms with E-state index in [1.54, 1.807) is 6.20 Å². The summed E-state index contributed by atoms with van der Waals surface area (Å²) in [6.07, 6.45) is 10.8. The van der Waals surface area contributed by atoms with E-state index < -0.39 is 5.66 Å². The number of imidazole rings is 1. The van der Waals surface area contributed by atoms with E-state index >= 15 is 0 Å². The molecule has 1 fully saturated rings. The summed E-state index contributed by atoms with van der Waals surface area (Å²) in [5.74, 6) is 1.16. The highest BCUT2D eigenvalue weighted by molar-refractivity contribution is 5.76. The summed E-state index contributed by atoms with van der Waals surface area (Å²) in [7, 11) is 0. The molecule has 0 spiro atoms. The SMILES string of the molecule is NC1CCC(C2(N)C=C(Nc3cccc(Cc4ccccc4)c3)c3nccn3N2)CC1. The summed E-state index contributed by atoms with van der Waals surface area (Å²) in [6.45, 7) is 0. The van der Waals surface area contributed by atoms with Crippen LogP contribution in [-0.4, -0.2) is 21.4 Å². The topological polar surface area (TPSA) is 93.9 Å². The maximum Gasteiger partial charge on any atom is 0.174 e. The van der Waals surface area contributed by atoms with Crippen molar-refractivity contribution in [3.8, 4) is 0 Å². The van der Waals surface area contributed by atoms with Crippen LogP contribution in [0.5, 0.6) is 0 Å². The van der Waals surface area contributed by atoms with E-state index in [2.05, 4.69) is 70.3 Å². The lowest BCUT2D eigenvalue weighted by atomic mass is 9.78. The Kier molecular flexibility index (Phi) is 5.26. The Morgan fingerprint density at radius 2 is 1.81 bits per heavy atom. The highest BCUT2D eigenvalue weighted by atomic mass is 15.5. The minimum Gasteiger partial charge on any atom is -0.353 e. The van der Waals surface area contributed by atoms with E-state index in [4.69, 9.17) is 11.5 Å². The van der Waals surface area contributed by atoms with Gasteiger partial charge in [-0.3, -0.25) is 0 Å². The predicted molar refractivity (Wildman–Crippen MR) is 126 cm³/mol. The Morgan fingerprint density at radius 3 is 2.61 bits per heavy atom. The third-order valence-electron chi connectivity index (χ3n) is 6.48. The first-order valence-corrected chi connectivity index (χ1v) is 11.1. The van der Waals surface area contributed by atoms with Gasteiger partial charge in [-0.1, -0.05) is 42.5 Å². The van der Waals surface area contributed by atoms with Crippen LogP contribution >= 0.6 is 0 Å². The molecule has 1 aliphatic carbocycles. The number of anilines is 1. The average Bonchev–Trinajstić information content (AvgIpc) is 3.23. The van der Waals surface area contributed by atoms with Crippen LogP contribution in [0.2, 0.25) is 0 Å². The molecule has 6 nitrogen and oxygen atoms in total. The van der Waals surface area contributed by atoms with Crippen molar-refractivity contribution < 1.29 is 0 Å². The standard InChI is InChI=1S/C25H30N6/c26-21-11-9-20(10-12-21)25(27)17-23(24-28-13-14-31(24)30-25)29-22-8-4-7-19(16-22)15-18-5-2-1-3-6-18/h1-8,13-14,16-17,20-21,29-30H,9-12,15,26-27H2. The Balaban J connectivity index is 1.40. The third kappa shape index (κ3) is 4.22. The highest BCUT2D eigenvalue weighted by Crippen LogP contribution is 2.35. The van der Waals surface area contributed by atoms with Gasteiger partial charge < -0.3 is 22.2 Å². The molecule has 160 valence electrons. The Labute approximate surface area is 183 Å². The van der Waals surface area contributed by atoms with Crippen LogP contribution in [0, 0.1) is 5.92 Å². The first kappa shape index (κ1) is 19.8. The monoisotopic (exact) mass is 414 g/mol. The number of benzene rings is 2. The van der Waals surface area contributed by atoms with Crippen LogP contribution in [0.3, 0.4) is 0 Å². The molecule has 2 heterocycles. The summed E-state index contributed by atoms with van der Waals surface area (Å²) >= 11 is 0.